The monoisotopic (exact) mass is 343 g/mol. The highest BCUT2D eigenvalue weighted by atomic mass is 19.1. The number of aromatic nitrogens is 3. The lowest BCUT2D eigenvalue weighted by Crippen LogP contribution is -2.36. The first-order valence-corrected chi connectivity index (χ1v) is 8.12. The minimum atomic E-state index is -0.539. The molecule has 0 aliphatic carbocycles. The smallest absolute Gasteiger partial charge is 0.274 e. The molecule has 1 atom stereocenters. The molecule has 1 fully saturated rings. The second kappa shape index (κ2) is 5.87. The maximum absolute atomic E-state index is 13.1. The lowest BCUT2D eigenvalue weighted by Gasteiger charge is -2.20. The van der Waals surface area contributed by atoms with Crippen molar-refractivity contribution in [3.05, 3.63) is 30.1 Å². The fourth-order valence-electron chi connectivity index (χ4n) is 3.41. The van der Waals surface area contributed by atoms with Crippen LogP contribution in [0.1, 0.15) is 23.3 Å². The maximum Gasteiger partial charge on any atom is 0.274 e. The summed E-state index contributed by atoms with van der Waals surface area (Å²) in [6.45, 7) is 0.00648. The van der Waals surface area contributed by atoms with Gasteiger partial charge >= 0.3 is 0 Å². The van der Waals surface area contributed by atoms with Crippen LogP contribution in [0.25, 0.3) is 16.6 Å². The molecule has 3 aromatic rings. The Kier molecular flexibility index (Phi) is 3.67. The number of nitrogens with two attached hydrogens (primary N) is 1. The second-order valence-corrected chi connectivity index (χ2v) is 6.10. The molecule has 0 saturated carbocycles. The van der Waals surface area contributed by atoms with E-state index in [1.54, 1.807) is 28.7 Å². The number of imidazole rings is 1. The van der Waals surface area contributed by atoms with Gasteiger partial charge in [0.25, 0.3) is 5.91 Å². The molecule has 3 heterocycles. The number of fused-ring (bicyclic) bond motifs is 3. The van der Waals surface area contributed by atoms with Crippen LogP contribution in [-0.2, 0) is 0 Å². The number of nitrogen functional groups attached to an aromatic ring is 1. The van der Waals surface area contributed by atoms with Crippen LogP contribution < -0.4 is 10.5 Å². The number of anilines is 1. The fraction of sp³-hybridized carbons (Fsp3) is 0.353. The number of hydrogen-bond acceptors (Lipinski definition) is 5. The molecule has 0 spiro atoms. The van der Waals surface area contributed by atoms with Crippen molar-refractivity contribution in [2.45, 2.75) is 18.9 Å². The van der Waals surface area contributed by atoms with Crippen molar-refractivity contribution < 1.29 is 13.9 Å². The molecule has 1 aromatic carbocycles. The van der Waals surface area contributed by atoms with Crippen LogP contribution in [0.2, 0.25) is 0 Å². The number of alkyl halides is 1. The van der Waals surface area contributed by atoms with Gasteiger partial charge in [0.05, 0.1) is 13.2 Å². The highest BCUT2D eigenvalue weighted by Crippen LogP contribution is 2.29. The van der Waals surface area contributed by atoms with E-state index in [-0.39, 0.29) is 23.6 Å². The molecular formula is C17H18FN5O2. The number of likely N-dealkylation sites (tertiary alicyclic amines) is 1. The number of methoxy groups -OCH3 is 1. The molecule has 130 valence electrons. The first-order chi connectivity index (χ1) is 12.1. The average Bonchev–Trinajstić information content (AvgIpc) is 3.28. The van der Waals surface area contributed by atoms with E-state index in [4.69, 9.17) is 10.5 Å². The summed E-state index contributed by atoms with van der Waals surface area (Å²) >= 11 is 0. The van der Waals surface area contributed by atoms with Crippen molar-refractivity contribution in [2.75, 3.05) is 26.1 Å². The Balaban J connectivity index is 1.86. The molecule has 25 heavy (non-hydrogen) atoms. The van der Waals surface area contributed by atoms with Crippen LogP contribution in [0.15, 0.2) is 24.4 Å². The largest absolute Gasteiger partial charge is 0.494 e. The normalized spacial score (nSPS) is 17.5. The number of ether oxygens (including phenoxy) is 1. The summed E-state index contributed by atoms with van der Waals surface area (Å²) in [6.07, 6.45) is 3.05. The minimum absolute atomic E-state index is 0.210. The van der Waals surface area contributed by atoms with Gasteiger partial charge in [-0.3, -0.25) is 9.20 Å². The van der Waals surface area contributed by atoms with E-state index >= 15 is 0 Å². The van der Waals surface area contributed by atoms with Crippen LogP contribution >= 0.6 is 0 Å². The lowest BCUT2D eigenvalue weighted by molar-refractivity contribution is 0.0711. The Bertz CT molecular complexity index is 970. The number of carbonyl (C=O) groups excluding carboxylic acids is 1. The Labute approximate surface area is 143 Å². The predicted octanol–water partition coefficient (Wildman–Crippen LogP) is 2.05. The van der Waals surface area contributed by atoms with Gasteiger partial charge < -0.3 is 15.4 Å². The summed E-state index contributed by atoms with van der Waals surface area (Å²) in [7, 11) is 1.56. The van der Waals surface area contributed by atoms with Crippen LogP contribution in [0.4, 0.5) is 10.3 Å². The van der Waals surface area contributed by atoms with Gasteiger partial charge in [0.15, 0.2) is 0 Å². The quantitative estimate of drug-likeness (QED) is 0.787. The van der Waals surface area contributed by atoms with E-state index in [2.05, 4.69) is 9.97 Å². The molecular weight excluding hydrogens is 325 g/mol. The molecule has 1 saturated heterocycles. The van der Waals surface area contributed by atoms with Crippen molar-refractivity contribution in [3.63, 3.8) is 0 Å². The van der Waals surface area contributed by atoms with Crippen molar-refractivity contribution >= 4 is 28.4 Å². The third-order valence-corrected chi connectivity index (χ3v) is 4.67. The second-order valence-electron chi connectivity index (χ2n) is 6.10. The number of halogens is 1. The molecule has 0 bridgehead atoms. The van der Waals surface area contributed by atoms with Crippen molar-refractivity contribution in [2.24, 2.45) is 0 Å². The Morgan fingerprint density at radius 1 is 1.44 bits per heavy atom. The van der Waals surface area contributed by atoms with Gasteiger partial charge in [-0.05, 0) is 25.0 Å². The molecule has 1 aliphatic heterocycles. The van der Waals surface area contributed by atoms with Gasteiger partial charge in [-0.15, -0.1) is 0 Å². The third-order valence-electron chi connectivity index (χ3n) is 4.67. The minimum Gasteiger partial charge on any atom is -0.494 e. The van der Waals surface area contributed by atoms with Gasteiger partial charge in [0.2, 0.25) is 5.95 Å². The van der Waals surface area contributed by atoms with Crippen molar-refractivity contribution in [1.82, 2.24) is 19.3 Å². The number of rotatable bonds is 3. The van der Waals surface area contributed by atoms with Gasteiger partial charge in [0, 0.05) is 18.1 Å². The summed E-state index contributed by atoms with van der Waals surface area (Å²) in [5, 5.41) is 0.732. The summed E-state index contributed by atoms with van der Waals surface area (Å²) in [5.74, 6) is 0.515. The SMILES string of the molecule is COc1cccc2c1nc(N)n1cc(C(=O)N3CCCC3CF)nc21. The zero-order valence-corrected chi connectivity index (χ0v) is 13.8. The molecule has 0 radical (unpaired) electrons. The Morgan fingerprint density at radius 2 is 2.28 bits per heavy atom. The number of para-hydroxylation sites is 1. The van der Waals surface area contributed by atoms with Gasteiger partial charge in [0.1, 0.15) is 29.3 Å². The van der Waals surface area contributed by atoms with Crippen LogP contribution in [0.5, 0.6) is 5.75 Å². The topological polar surface area (TPSA) is 85.8 Å². The van der Waals surface area contributed by atoms with Crippen LogP contribution in [0.3, 0.4) is 0 Å². The van der Waals surface area contributed by atoms with Crippen molar-refractivity contribution in [1.29, 1.82) is 0 Å². The van der Waals surface area contributed by atoms with Crippen LogP contribution in [-0.4, -0.2) is 51.5 Å². The van der Waals surface area contributed by atoms with E-state index in [1.807, 2.05) is 12.1 Å². The van der Waals surface area contributed by atoms with Crippen LogP contribution in [0, 0.1) is 0 Å². The molecule has 2 aromatic heterocycles. The fourth-order valence-corrected chi connectivity index (χ4v) is 3.41. The standard InChI is InChI=1S/C17H18FN5O2/c1-25-13-6-2-5-11-14(13)21-17(19)23-9-12(20-15(11)23)16(24)22-7-3-4-10(22)8-18/h2,5-6,9-10H,3-4,7-8H2,1H3,(H2,19,21). The molecule has 7 nitrogen and oxygen atoms in total. The van der Waals surface area contributed by atoms with Crippen molar-refractivity contribution in [3.8, 4) is 5.75 Å². The maximum atomic E-state index is 13.1. The van der Waals surface area contributed by atoms with E-state index in [0.29, 0.717) is 29.9 Å². The number of nitrogens with zero attached hydrogens (tertiary/aromatic N) is 4. The molecule has 8 heteroatoms. The molecule has 4 rings (SSSR count). The third kappa shape index (κ3) is 2.36. The molecule has 1 aliphatic rings. The first-order valence-electron chi connectivity index (χ1n) is 8.12. The average molecular weight is 343 g/mol. The zero-order chi connectivity index (χ0) is 17.6. The highest BCUT2D eigenvalue weighted by Gasteiger charge is 2.31. The zero-order valence-electron chi connectivity index (χ0n) is 13.8. The number of carbonyl (C=O) groups is 1. The van der Waals surface area contributed by atoms with E-state index in [0.717, 1.165) is 11.8 Å². The van der Waals surface area contributed by atoms with E-state index in [1.165, 1.54) is 0 Å². The Morgan fingerprint density at radius 3 is 3.04 bits per heavy atom. The molecule has 1 amide bonds. The van der Waals surface area contributed by atoms with E-state index < -0.39 is 6.67 Å². The number of hydrogen-bond donors (Lipinski definition) is 1. The highest BCUT2D eigenvalue weighted by molar-refractivity contribution is 5.99. The first kappa shape index (κ1) is 15.6. The van der Waals surface area contributed by atoms with Gasteiger partial charge in [-0.25, -0.2) is 14.4 Å². The lowest BCUT2D eigenvalue weighted by atomic mass is 10.2. The summed E-state index contributed by atoms with van der Waals surface area (Å²) in [4.78, 5) is 23.1. The molecule has 2 N–H and O–H groups in total. The van der Waals surface area contributed by atoms with Gasteiger partial charge in [-0.2, -0.15) is 0 Å². The summed E-state index contributed by atoms with van der Waals surface area (Å²) in [5.41, 5.74) is 7.39. The summed E-state index contributed by atoms with van der Waals surface area (Å²) in [6, 6.07) is 5.09. The predicted molar refractivity (Wildman–Crippen MR) is 91.5 cm³/mol. The number of amides is 1. The molecule has 1 unspecified atom stereocenters. The van der Waals surface area contributed by atoms with Gasteiger partial charge in [-0.1, -0.05) is 6.07 Å². The number of benzene rings is 1. The summed E-state index contributed by atoms with van der Waals surface area (Å²) < 4.78 is 20.0. The Hall–Kier alpha value is -2.90. The van der Waals surface area contributed by atoms with E-state index in [9.17, 15) is 9.18 Å².